The zero-order valence-corrected chi connectivity index (χ0v) is 13.9. The molecule has 1 nitrogen and oxygen atoms in total. The smallest absolute Gasteiger partial charge is 0.131 e. The Morgan fingerprint density at radius 3 is 2.35 bits per heavy atom. The van der Waals surface area contributed by atoms with E-state index in [9.17, 15) is 8.78 Å². The lowest BCUT2D eigenvalue weighted by molar-refractivity contribution is 0.509. The summed E-state index contributed by atoms with van der Waals surface area (Å²) in [6.45, 7) is 2.50. The van der Waals surface area contributed by atoms with Crippen LogP contribution in [0.4, 0.5) is 8.78 Å². The quantitative estimate of drug-likeness (QED) is 0.739. The van der Waals surface area contributed by atoms with Crippen molar-refractivity contribution < 1.29 is 8.78 Å². The molecule has 5 heteroatoms. The highest BCUT2D eigenvalue weighted by molar-refractivity contribution is 9.11. The van der Waals surface area contributed by atoms with Crippen molar-refractivity contribution in [2.45, 2.75) is 13.0 Å². The summed E-state index contributed by atoms with van der Waals surface area (Å²) >= 11 is 6.83. The van der Waals surface area contributed by atoms with Gasteiger partial charge < -0.3 is 5.32 Å². The molecule has 1 N–H and O–H groups in total. The molecule has 2 rings (SSSR count). The lowest BCUT2D eigenvalue weighted by Gasteiger charge is -2.21. The summed E-state index contributed by atoms with van der Waals surface area (Å²) < 4.78 is 29.7. The van der Waals surface area contributed by atoms with E-state index in [4.69, 9.17) is 0 Å². The first kappa shape index (κ1) is 15.6. The Morgan fingerprint density at radius 1 is 1.10 bits per heavy atom. The highest BCUT2D eigenvalue weighted by Crippen LogP contribution is 2.33. The van der Waals surface area contributed by atoms with Crippen LogP contribution in [0, 0.1) is 11.6 Å². The van der Waals surface area contributed by atoms with E-state index in [1.54, 1.807) is 0 Å². The van der Waals surface area contributed by atoms with Crippen LogP contribution in [-0.4, -0.2) is 6.54 Å². The molecule has 0 spiro atoms. The fourth-order valence-electron chi connectivity index (χ4n) is 2.09. The third-order valence-electron chi connectivity index (χ3n) is 2.97. The number of nitrogens with one attached hydrogen (secondary N) is 1. The minimum atomic E-state index is -0.553. The molecule has 1 atom stereocenters. The Balaban J connectivity index is 2.59. The van der Waals surface area contributed by atoms with Crippen LogP contribution in [0.2, 0.25) is 0 Å². The summed E-state index contributed by atoms with van der Waals surface area (Å²) in [5, 5.41) is 3.13. The molecule has 0 aliphatic heterocycles. The highest BCUT2D eigenvalue weighted by atomic mass is 79.9. The molecule has 0 aliphatic carbocycles. The predicted molar refractivity (Wildman–Crippen MR) is 83.7 cm³/mol. The fourth-order valence-corrected chi connectivity index (χ4v) is 2.95. The van der Waals surface area contributed by atoms with Crippen molar-refractivity contribution in [2.24, 2.45) is 0 Å². The Kier molecular flexibility index (Phi) is 5.29. The fraction of sp³-hybridized carbons (Fsp3) is 0.200. The highest BCUT2D eigenvalue weighted by Gasteiger charge is 2.23. The topological polar surface area (TPSA) is 12.0 Å². The summed E-state index contributed by atoms with van der Waals surface area (Å²) in [7, 11) is 0. The second kappa shape index (κ2) is 6.78. The van der Waals surface area contributed by atoms with Crippen LogP contribution < -0.4 is 5.32 Å². The van der Waals surface area contributed by atoms with Crippen LogP contribution in [0.25, 0.3) is 0 Å². The van der Waals surface area contributed by atoms with E-state index in [0.29, 0.717) is 6.54 Å². The zero-order chi connectivity index (χ0) is 14.7. The molecule has 20 heavy (non-hydrogen) atoms. The van der Waals surface area contributed by atoms with Gasteiger partial charge in [-0.2, -0.15) is 0 Å². The van der Waals surface area contributed by atoms with Gasteiger partial charge in [0.2, 0.25) is 0 Å². The molecular weight excluding hydrogens is 392 g/mol. The third-order valence-corrected chi connectivity index (χ3v) is 4.18. The monoisotopic (exact) mass is 403 g/mol. The Bertz CT molecular complexity index is 597. The van der Waals surface area contributed by atoms with Crippen molar-refractivity contribution in [1.82, 2.24) is 5.32 Å². The molecule has 2 aromatic carbocycles. The van der Waals surface area contributed by atoms with Crippen LogP contribution in [0.15, 0.2) is 45.3 Å². The first-order chi connectivity index (χ1) is 9.54. The second-order valence-corrected chi connectivity index (χ2v) is 6.06. The van der Waals surface area contributed by atoms with E-state index in [1.807, 2.05) is 25.1 Å². The summed E-state index contributed by atoms with van der Waals surface area (Å²) in [5.41, 5.74) is 0.818. The van der Waals surface area contributed by atoms with Crippen LogP contribution in [0.5, 0.6) is 0 Å². The maximum Gasteiger partial charge on any atom is 0.131 e. The molecule has 0 saturated heterocycles. The minimum absolute atomic E-state index is 0.0353. The number of benzene rings is 2. The van der Waals surface area contributed by atoms with E-state index in [2.05, 4.69) is 37.2 Å². The van der Waals surface area contributed by atoms with Gasteiger partial charge in [0.1, 0.15) is 11.6 Å². The van der Waals surface area contributed by atoms with Gasteiger partial charge in [0.25, 0.3) is 0 Å². The largest absolute Gasteiger partial charge is 0.306 e. The Labute approximate surface area is 133 Å². The summed E-state index contributed by atoms with van der Waals surface area (Å²) in [5.74, 6) is -1.11. The van der Waals surface area contributed by atoms with E-state index < -0.39 is 17.7 Å². The van der Waals surface area contributed by atoms with Crippen LogP contribution in [0.1, 0.15) is 24.1 Å². The van der Waals surface area contributed by atoms with Gasteiger partial charge in [0.15, 0.2) is 0 Å². The van der Waals surface area contributed by atoms with Crippen molar-refractivity contribution in [1.29, 1.82) is 0 Å². The van der Waals surface area contributed by atoms with Crippen molar-refractivity contribution in [3.8, 4) is 0 Å². The number of hydrogen-bond donors (Lipinski definition) is 1. The van der Waals surface area contributed by atoms with E-state index in [-0.39, 0.29) is 5.56 Å². The normalized spacial score (nSPS) is 12.4. The summed E-state index contributed by atoms with van der Waals surface area (Å²) in [6.07, 6.45) is 0. The molecule has 0 aliphatic rings. The van der Waals surface area contributed by atoms with Gasteiger partial charge in [-0.15, -0.1) is 0 Å². The van der Waals surface area contributed by atoms with Crippen molar-refractivity contribution >= 4 is 31.9 Å². The standard InChI is InChI=1S/C15H13Br2F2N/c1-2-20-15(10-8-9(16)6-7-11(10)17)14-12(18)4-3-5-13(14)19/h3-8,15,20H,2H2,1H3. The average molecular weight is 405 g/mol. The lowest BCUT2D eigenvalue weighted by Crippen LogP contribution is -2.24. The predicted octanol–water partition coefficient (Wildman–Crippen LogP) is 5.19. The zero-order valence-electron chi connectivity index (χ0n) is 10.8. The van der Waals surface area contributed by atoms with Gasteiger partial charge in [0.05, 0.1) is 6.04 Å². The van der Waals surface area contributed by atoms with Gasteiger partial charge >= 0.3 is 0 Å². The maximum absolute atomic E-state index is 14.0. The van der Waals surface area contributed by atoms with E-state index >= 15 is 0 Å². The number of hydrogen-bond acceptors (Lipinski definition) is 1. The minimum Gasteiger partial charge on any atom is -0.306 e. The van der Waals surface area contributed by atoms with Gasteiger partial charge in [-0.3, -0.25) is 0 Å². The Hall–Kier alpha value is -0.780. The van der Waals surface area contributed by atoms with Crippen LogP contribution in [-0.2, 0) is 0 Å². The van der Waals surface area contributed by atoms with Gasteiger partial charge in [-0.25, -0.2) is 8.78 Å². The molecule has 0 amide bonds. The number of rotatable bonds is 4. The maximum atomic E-state index is 14.0. The molecule has 2 aromatic rings. The van der Waals surface area contributed by atoms with E-state index in [1.165, 1.54) is 18.2 Å². The third kappa shape index (κ3) is 3.27. The molecule has 0 fully saturated rings. The lowest BCUT2D eigenvalue weighted by atomic mass is 9.97. The van der Waals surface area contributed by atoms with Gasteiger partial charge in [0, 0.05) is 14.5 Å². The molecule has 1 unspecified atom stereocenters. The second-order valence-electron chi connectivity index (χ2n) is 4.29. The van der Waals surface area contributed by atoms with Gasteiger partial charge in [-0.05, 0) is 42.4 Å². The first-order valence-corrected chi connectivity index (χ1v) is 7.75. The SMILES string of the molecule is CCNC(c1cc(Br)ccc1Br)c1c(F)cccc1F. The molecule has 0 saturated carbocycles. The van der Waals surface area contributed by atoms with E-state index in [0.717, 1.165) is 14.5 Å². The van der Waals surface area contributed by atoms with Crippen LogP contribution in [0.3, 0.4) is 0 Å². The molecule has 106 valence electrons. The van der Waals surface area contributed by atoms with Crippen molar-refractivity contribution in [3.05, 3.63) is 68.1 Å². The molecular formula is C15H13Br2F2N. The number of halogens is 4. The summed E-state index contributed by atoms with van der Waals surface area (Å²) in [4.78, 5) is 0. The molecule has 0 radical (unpaired) electrons. The summed E-state index contributed by atoms with van der Waals surface area (Å²) in [6, 6.07) is 8.93. The average Bonchev–Trinajstić information content (AvgIpc) is 2.40. The molecule has 0 heterocycles. The van der Waals surface area contributed by atoms with Crippen LogP contribution >= 0.6 is 31.9 Å². The Morgan fingerprint density at radius 2 is 1.75 bits per heavy atom. The first-order valence-electron chi connectivity index (χ1n) is 6.16. The van der Waals surface area contributed by atoms with Gasteiger partial charge in [-0.1, -0.05) is 44.8 Å². The molecule has 0 aromatic heterocycles. The molecule has 0 bridgehead atoms. The van der Waals surface area contributed by atoms with Crippen molar-refractivity contribution in [3.63, 3.8) is 0 Å². The van der Waals surface area contributed by atoms with Crippen molar-refractivity contribution in [2.75, 3.05) is 6.54 Å².